The predicted molar refractivity (Wildman–Crippen MR) is 158 cm³/mol. The maximum atomic E-state index is 13.2. The number of hydrogen-bond donors (Lipinski definition) is 1. The average Bonchev–Trinajstić information content (AvgIpc) is 3.03. The third kappa shape index (κ3) is 8.56. The molecule has 13 nitrogen and oxygen atoms in total. The van der Waals surface area contributed by atoms with Gasteiger partial charge in [0.25, 0.3) is 0 Å². The van der Waals surface area contributed by atoms with Crippen molar-refractivity contribution in [3.63, 3.8) is 0 Å². The van der Waals surface area contributed by atoms with Crippen molar-refractivity contribution in [2.45, 2.75) is 89.1 Å². The summed E-state index contributed by atoms with van der Waals surface area (Å²) in [5.41, 5.74) is 0.395. The van der Waals surface area contributed by atoms with Gasteiger partial charge in [0, 0.05) is 13.8 Å². The van der Waals surface area contributed by atoms with Gasteiger partial charge in [0.2, 0.25) is 0 Å². The summed E-state index contributed by atoms with van der Waals surface area (Å²) in [6.07, 6.45) is -11.4. The first kappa shape index (κ1) is 34.7. The zero-order valence-corrected chi connectivity index (χ0v) is 25.9. The highest BCUT2D eigenvalue weighted by Crippen LogP contribution is 2.34. The maximum Gasteiger partial charge on any atom is 0.338 e. The first-order chi connectivity index (χ1) is 22.0. The van der Waals surface area contributed by atoms with Crippen molar-refractivity contribution in [2.24, 2.45) is 0 Å². The lowest BCUT2D eigenvalue weighted by Gasteiger charge is -2.47. The predicted octanol–water partition coefficient (Wildman–Crippen LogP) is 2.74. The quantitative estimate of drug-likeness (QED) is 0.217. The Morgan fingerprint density at radius 2 is 1.17 bits per heavy atom. The minimum atomic E-state index is -1.65. The zero-order chi connectivity index (χ0) is 33.4. The van der Waals surface area contributed by atoms with Gasteiger partial charge in [-0.3, -0.25) is 9.59 Å². The molecule has 0 saturated carbocycles. The molecule has 0 radical (unpaired) electrons. The van der Waals surface area contributed by atoms with E-state index in [4.69, 9.17) is 37.9 Å². The minimum Gasteiger partial charge on any atom is -0.457 e. The van der Waals surface area contributed by atoms with Crippen LogP contribution in [0.1, 0.15) is 48.4 Å². The van der Waals surface area contributed by atoms with Gasteiger partial charge >= 0.3 is 23.9 Å². The average molecular weight is 643 g/mol. The van der Waals surface area contributed by atoms with Crippen molar-refractivity contribution in [1.29, 1.82) is 0 Å². The molecule has 0 bridgehead atoms. The molecule has 2 fully saturated rings. The molecule has 0 amide bonds. The standard InChI is InChI=1S/C33H38O13/c1-6-17-39-32-29(43-21(5)35)28(26(19(3)40-32)42-20(4)34)46-33-27(45-31(38)23-15-11-8-12-16-23)24(36)25(18(2)41-33)44-30(37)22-13-9-7-10-14-22/h6-16,18-19,24-29,32-33,36H,1,17H2,2-5H3/t18-,19-,24+,25-,26-,27+,28+,29+,32+,33-/m0/s1. The molecule has 0 aliphatic carbocycles. The van der Waals surface area contributed by atoms with Gasteiger partial charge in [0.05, 0.1) is 29.9 Å². The fraction of sp³-hybridized carbons (Fsp3) is 0.455. The van der Waals surface area contributed by atoms with Gasteiger partial charge in [-0.25, -0.2) is 9.59 Å². The highest BCUT2D eigenvalue weighted by Gasteiger charge is 2.55. The normalized spacial score (nSPS) is 30.8. The third-order valence-corrected chi connectivity index (χ3v) is 7.26. The lowest BCUT2D eigenvalue weighted by Crippen LogP contribution is -2.65. The van der Waals surface area contributed by atoms with Crippen LogP contribution in [-0.4, -0.2) is 97.0 Å². The number of rotatable bonds is 11. The summed E-state index contributed by atoms with van der Waals surface area (Å²) in [4.78, 5) is 50.5. The molecule has 0 aromatic heterocycles. The number of ether oxygens (including phenoxy) is 8. The Morgan fingerprint density at radius 3 is 1.70 bits per heavy atom. The van der Waals surface area contributed by atoms with Gasteiger partial charge in [-0.2, -0.15) is 0 Å². The zero-order valence-electron chi connectivity index (χ0n) is 25.9. The lowest BCUT2D eigenvalue weighted by atomic mass is 9.96. The molecule has 248 valence electrons. The summed E-state index contributed by atoms with van der Waals surface area (Å²) < 4.78 is 46.5. The van der Waals surface area contributed by atoms with Crippen molar-refractivity contribution < 1.29 is 62.2 Å². The molecule has 2 aliphatic rings. The Kier molecular flexibility index (Phi) is 12.0. The smallest absolute Gasteiger partial charge is 0.338 e. The van der Waals surface area contributed by atoms with Crippen LogP contribution < -0.4 is 0 Å². The number of benzene rings is 2. The Bertz CT molecular complexity index is 1350. The molecule has 4 rings (SSSR count). The molecule has 1 N–H and O–H groups in total. The van der Waals surface area contributed by atoms with Crippen molar-refractivity contribution >= 4 is 23.9 Å². The van der Waals surface area contributed by atoms with Crippen LogP contribution in [-0.2, 0) is 47.5 Å². The van der Waals surface area contributed by atoms with E-state index in [-0.39, 0.29) is 17.7 Å². The second-order valence-electron chi connectivity index (χ2n) is 10.8. The SMILES string of the molecule is C=CCO[C@@H]1O[C@@H](C)[C@H](OC(C)=O)[C@@H](O[C@@H]2O[C@@H](C)[C@H](OC(=O)c3ccccc3)[C@@H](O)[C@H]2OC(=O)c2ccccc2)[C@H]1OC(C)=O. The highest BCUT2D eigenvalue weighted by molar-refractivity contribution is 5.90. The van der Waals surface area contributed by atoms with E-state index in [1.165, 1.54) is 39.0 Å². The van der Waals surface area contributed by atoms with Crippen LogP contribution in [0.5, 0.6) is 0 Å². The van der Waals surface area contributed by atoms with Crippen molar-refractivity contribution in [2.75, 3.05) is 6.61 Å². The van der Waals surface area contributed by atoms with Gasteiger partial charge in [-0.15, -0.1) is 6.58 Å². The van der Waals surface area contributed by atoms with Crippen LogP contribution in [0.4, 0.5) is 0 Å². The molecule has 2 aliphatic heterocycles. The molecular formula is C33H38O13. The van der Waals surface area contributed by atoms with Gasteiger partial charge in [-0.1, -0.05) is 42.5 Å². The van der Waals surface area contributed by atoms with Crippen LogP contribution in [0.15, 0.2) is 73.3 Å². The minimum absolute atomic E-state index is 0.0154. The number of esters is 4. The molecule has 2 aromatic rings. The fourth-order valence-electron chi connectivity index (χ4n) is 5.17. The van der Waals surface area contributed by atoms with E-state index in [9.17, 15) is 24.3 Å². The van der Waals surface area contributed by atoms with Crippen LogP contribution in [0, 0.1) is 0 Å². The molecular weight excluding hydrogens is 604 g/mol. The van der Waals surface area contributed by atoms with Gasteiger partial charge in [0.15, 0.2) is 37.0 Å². The summed E-state index contributed by atoms with van der Waals surface area (Å²) in [5, 5.41) is 11.6. The number of carbonyl (C=O) groups is 4. The van der Waals surface area contributed by atoms with Crippen molar-refractivity contribution in [3.8, 4) is 0 Å². The van der Waals surface area contributed by atoms with E-state index in [0.29, 0.717) is 0 Å². The number of aliphatic hydroxyl groups is 1. The Hall–Kier alpha value is -4.14. The van der Waals surface area contributed by atoms with Crippen LogP contribution in [0.25, 0.3) is 0 Å². The fourth-order valence-corrected chi connectivity index (χ4v) is 5.17. The molecule has 0 unspecified atom stereocenters. The Morgan fingerprint density at radius 1 is 0.696 bits per heavy atom. The molecule has 2 aromatic carbocycles. The van der Waals surface area contributed by atoms with Gasteiger partial charge < -0.3 is 43.0 Å². The number of hydrogen-bond acceptors (Lipinski definition) is 13. The van der Waals surface area contributed by atoms with E-state index >= 15 is 0 Å². The molecule has 10 atom stereocenters. The van der Waals surface area contributed by atoms with E-state index in [1.54, 1.807) is 55.5 Å². The summed E-state index contributed by atoms with van der Waals surface area (Å²) in [7, 11) is 0. The molecule has 0 spiro atoms. The summed E-state index contributed by atoms with van der Waals surface area (Å²) in [6, 6.07) is 16.1. The molecule has 2 saturated heterocycles. The van der Waals surface area contributed by atoms with Gasteiger partial charge in [-0.05, 0) is 38.1 Å². The molecule has 2 heterocycles. The number of carbonyl (C=O) groups excluding carboxylic acids is 4. The van der Waals surface area contributed by atoms with Crippen molar-refractivity contribution in [1.82, 2.24) is 0 Å². The highest BCUT2D eigenvalue weighted by atomic mass is 16.8. The topological polar surface area (TPSA) is 162 Å². The van der Waals surface area contributed by atoms with E-state index in [2.05, 4.69) is 6.58 Å². The number of aliphatic hydroxyl groups excluding tert-OH is 1. The van der Waals surface area contributed by atoms with Crippen LogP contribution in [0.2, 0.25) is 0 Å². The van der Waals surface area contributed by atoms with E-state index < -0.39 is 85.3 Å². The summed E-state index contributed by atoms with van der Waals surface area (Å²) in [6.45, 7) is 9.12. The van der Waals surface area contributed by atoms with E-state index in [0.717, 1.165) is 0 Å². The monoisotopic (exact) mass is 642 g/mol. The van der Waals surface area contributed by atoms with Gasteiger partial charge in [0.1, 0.15) is 12.2 Å². The first-order valence-corrected chi connectivity index (χ1v) is 14.7. The second kappa shape index (κ2) is 15.9. The molecule has 46 heavy (non-hydrogen) atoms. The Balaban J connectivity index is 1.69. The van der Waals surface area contributed by atoms with Crippen molar-refractivity contribution in [3.05, 3.63) is 84.4 Å². The third-order valence-electron chi connectivity index (χ3n) is 7.26. The second-order valence-corrected chi connectivity index (χ2v) is 10.8. The first-order valence-electron chi connectivity index (χ1n) is 14.7. The maximum absolute atomic E-state index is 13.2. The molecule has 13 heteroatoms. The lowest BCUT2D eigenvalue weighted by molar-refractivity contribution is -0.353. The Labute approximate surface area is 266 Å². The van der Waals surface area contributed by atoms with E-state index in [1.807, 2.05) is 0 Å². The van der Waals surface area contributed by atoms with Crippen LogP contribution in [0.3, 0.4) is 0 Å². The summed E-state index contributed by atoms with van der Waals surface area (Å²) >= 11 is 0. The largest absolute Gasteiger partial charge is 0.457 e. The summed E-state index contributed by atoms with van der Waals surface area (Å²) in [5.74, 6) is -2.97. The van der Waals surface area contributed by atoms with Crippen LogP contribution >= 0.6 is 0 Å².